The molecule has 1 N–H and O–H groups in total. The van der Waals surface area contributed by atoms with Crippen molar-refractivity contribution in [2.75, 3.05) is 13.6 Å². The van der Waals surface area contributed by atoms with Crippen molar-refractivity contribution >= 4 is 5.78 Å². The van der Waals surface area contributed by atoms with Crippen molar-refractivity contribution < 1.29 is 4.79 Å². The molecular formula is C8H15NO. The Hall–Kier alpha value is -0.370. The van der Waals surface area contributed by atoms with E-state index in [1.807, 2.05) is 7.05 Å². The average Bonchev–Trinajstić information content (AvgIpc) is 1.88. The van der Waals surface area contributed by atoms with Crippen LogP contribution >= 0.6 is 0 Å². The van der Waals surface area contributed by atoms with Crippen LogP contribution in [-0.2, 0) is 4.79 Å². The van der Waals surface area contributed by atoms with E-state index in [0.29, 0.717) is 11.7 Å². The minimum atomic E-state index is 0.450. The summed E-state index contributed by atoms with van der Waals surface area (Å²) in [6, 6.07) is 0. The minimum absolute atomic E-state index is 0.450. The molecule has 0 saturated heterocycles. The maximum Gasteiger partial charge on any atom is 0.133 e. The Morgan fingerprint density at radius 3 is 3.10 bits per heavy atom. The van der Waals surface area contributed by atoms with Gasteiger partial charge in [-0.05, 0) is 32.4 Å². The van der Waals surface area contributed by atoms with Gasteiger partial charge in [0.25, 0.3) is 0 Å². The number of carbonyl (C=O) groups is 1. The molecule has 1 saturated carbocycles. The van der Waals surface area contributed by atoms with Crippen LogP contribution < -0.4 is 5.32 Å². The highest BCUT2D eigenvalue weighted by molar-refractivity contribution is 5.79. The molecule has 0 spiro atoms. The van der Waals surface area contributed by atoms with Crippen molar-refractivity contribution in [2.45, 2.75) is 25.7 Å². The largest absolute Gasteiger partial charge is 0.319 e. The zero-order valence-electron chi connectivity index (χ0n) is 6.52. The highest BCUT2D eigenvalue weighted by atomic mass is 16.1. The highest BCUT2D eigenvalue weighted by Crippen LogP contribution is 2.19. The van der Waals surface area contributed by atoms with Crippen LogP contribution in [0.25, 0.3) is 0 Å². The summed E-state index contributed by atoms with van der Waals surface area (Å²) in [6.45, 7) is 1.01. The molecule has 1 unspecified atom stereocenters. The van der Waals surface area contributed by atoms with Gasteiger partial charge in [0.05, 0.1) is 0 Å². The summed E-state index contributed by atoms with van der Waals surface area (Å²) >= 11 is 0. The molecule has 2 nitrogen and oxygen atoms in total. The lowest BCUT2D eigenvalue weighted by molar-refractivity contribution is -0.121. The van der Waals surface area contributed by atoms with Gasteiger partial charge in [0.1, 0.15) is 5.78 Å². The molecule has 0 radical (unpaired) electrons. The van der Waals surface area contributed by atoms with E-state index in [2.05, 4.69) is 5.32 Å². The molecule has 58 valence electrons. The van der Waals surface area contributed by atoms with Crippen LogP contribution in [0.1, 0.15) is 25.7 Å². The quantitative estimate of drug-likeness (QED) is 0.620. The zero-order chi connectivity index (χ0) is 7.40. The predicted octanol–water partition coefficient (Wildman–Crippen LogP) is 0.965. The fourth-order valence-electron chi connectivity index (χ4n) is 1.58. The van der Waals surface area contributed by atoms with Crippen LogP contribution in [0.2, 0.25) is 0 Å². The second-order valence-electron chi connectivity index (χ2n) is 3.06. The number of hydrogen-bond donors (Lipinski definition) is 1. The van der Waals surface area contributed by atoms with Gasteiger partial charge in [-0.25, -0.2) is 0 Å². The Bertz CT molecular complexity index is 120. The molecule has 1 fully saturated rings. The van der Waals surface area contributed by atoms with E-state index in [1.54, 1.807) is 0 Å². The van der Waals surface area contributed by atoms with Gasteiger partial charge in [-0.2, -0.15) is 0 Å². The highest BCUT2D eigenvalue weighted by Gasteiger charge is 2.17. The van der Waals surface area contributed by atoms with Gasteiger partial charge in [0.15, 0.2) is 0 Å². The molecule has 0 aromatic heterocycles. The molecule has 1 aliphatic carbocycles. The van der Waals surface area contributed by atoms with Gasteiger partial charge < -0.3 is 5.32 Å². The zero-order valence-corrected chi connectivity index (χ0v) is 6.52. The third kappa shape index (κ3) is 2.10. The van der Waals surface area contributed by atoms with E-state index in [9.17, 15) is 4.79 Å². The van der Waals surface area contributed by atoms with Crippen LogP contribution in [0, 0.1) is 5.92 Å². The smallest absolute Gasteiger partial charge is 0.133 e. The Morgan fingerprint density at radius 1 is 1.70 bits per heavy atom. The first-order chi connectivity index (χ1) is 4.83. The van der Waals surface area contributed by atoms with E-state index >= 15 is 0 Å². The first-order valence-corrected chi connectivity index (χ1v) is 3.99. The maximum atomic E-state index is 10.9. The van der Waals surface area contributed by atoms with Gasteiger partial charge >= 0.3 is 0 Å². The Balaban J connectivity index is 2.25. The molecule has 0 heterocycles. The van der Waals surface area contributed by atoms with E-state index < -0.39 is 0 Å². The summed E-state index contributed by atoms with van der Waals surface area (Å²) < 4.78 is 0. The van der Waals surface area contributed by atoms with Crippen LogP contribution in [0.5, 0.6) is 0 Å². The maximum absolute atomic E-state index is 10.9. The summed E-state index contributed by atoms with van der Waals surface area (Å²) in [5.74, 6) is 1.07. The predicted molar refractivity (Wildman–Crippen MR) is 40.9 cm³/mol. The van der Waals surface area contributed by atoms with Crippen molar-refractivity contribution in [1.82, 2.24) is 5.32 Å². The number of carbonyl (C=O) groups excluding carboxylic acids is 1. The van der Waals surface area contributed by atoms with Gasteiger partial charge in [-0.15, -0.1) is 0 Å². The summed E-state index contributed by atoms with van der Waals surface area (Å²) in [5.41, 5.74) is 0. The van der Waals surface area contributed by atoms with Crippen LogP contribution in [0.15, 0.2) is 0 Å². The molecular weight excluding hydrogens is 126 g/mol. The second kappa shape index (κ2) is 3.71. The fourth-order valence-corrected chi connectivity index (χ4v) is 1.58. The van der Waals surface area contributed by atoms with Crippen LogP contribution in [0.4, 0.5) is 0 Å². The van der Waals surface area contributed by atoms with Crippen molar-refractivity contribution in [1.29, 1.82) is 0 Å². The SMILES string of the molecule is CNCC1CCCC(=O)C1. The van der Waals surface area contributed by atoms with Crippen LogP contribution in [-0.4, -0.2) is 19.4 Å². The molecule has 1 rings (SSSR count). The Morgan fingerprint density at radius 2 is 2.50 bits per heavy atom. The van der Waals surface area contributed by atoms with Crippen molar-refractivity contribution in [3.8, 4) is 0 Å². The van der Waals surface area contributed by atoms with Crippen LogP contribution in [0.3, 0.4) is 0 Å². The lowest BCUT2D eigenvalue weighted by atomic mass is 9.88. The standard InChI is InChI=1S/C8H15NO/c1-9-6-7-3-2-4-8(10)5-7/h7,9H,2-6H2,1H3. The molecule has 10 heavy (non-hydrogen) atoms. The normalized spacial score (nSPS) is 26.9. The van der Waals surface area contributed by atoms with Crippen molar-refractivity contribution in [3.63, 3.8) is 0 Å². The third-order valence-corrected chi connectivity index (χ3v) is 2.08. The molecule has 0 bridgehead atoms. The molecule has 0 aromatic rings. The Kier molecular flexibility index (Phi) is 2.87. The molecule has 0 aromatic carbocycles. The molecule has 2 heteroatoms. The summed E-state index contributed by atoms with van der Waals surface area (Å²) in [6.07, 6.45) is 3.96. The van der Waals surface area contributed by atoms with Gasteiger partial charge in [-0.3, -0.25) is 4.79 Å². The molecule has 1 aliphatic rings. The number of nitrogens with one attached hydrogen (secondary N) is 1. The van der Waals surface area contributed by atoms with Crippen molar-refractivity contribution in [3.05, 3.63) is 0 Å². The van der Waals surface area contributed by atoms with E-state index in [0.717, 1.165) is 25.8 Å². The van der Waals surface area contributed by atoms with Gasteiger partial charge in [0, 0.05) is 12.8 Å². The average molecular weight is 141 g/mol. The molecule has 1 atom stereocenters. The second-order valence-corrected chi connectivity index (χ2v) is 3.06. The lowest BCUT2D eigenvalue weighted by Gasteiger charge is -2.19. The topological polar surface area (TPSA) is 29.1 Å². The third-order valence-electron chi connectivity index (χ3n) is 2.08. The lowest BCUT2D eigenvalue weighted by Crippen LogP contribution is -2.24. The van der Waals surface area contributed by atoms with Crippen molar-refractivity contribution in [2.24, 2.45) is 5.92 Å². The minimum Gasteiger partial charge on any atom is -0.319 e. The fraction of sp³-hybridized carbons (Fsp3) is 0.875. The molecule has 0 aliphatic heterocycles. The number of hydrogen-bond acceptors (Lipinski definition) is 2. The monoisotopic (exact) mass is 141 g/mol. The van der Waals surface area contributed by atoms with E-state index in [4.69, 9.17) is 0 Å². The van der Waals surface area contributed by atoms with Gasteiger partial charge in [0.2, 0.25) is 0 Å². The number of Topliss-reactive ketones (excluding diaryl/α,β-unsaturated/α-hetero) is 1. The molecule has 0 amide bonds. The summed E-state index contributed by atoms with van der Waals surface area (Å²) in [4.78, 5) is 10.9. The van der Waals surface area contributed by atoms with Gasteiger partial charge in [-0.1, -0.05) is 0 Å². The van der Waals surface area contributed by atoms with E-state index in [1.165, 1.54) is 6.42 Å². The Labute approximate surface area is 62.0 Å². The summed E-state index contributed by atoms with van der Waals surface area (Å²) in [7, 11) is 1.94. The first-order valence-electron chi connectivity index (χ1n) is 3.99. The number of rotatable bonds is 2. The summed E-state index contributed by atoms with van der Waals surface area (Å²) in [5, 5.41) is 3.11. The van der Waals surface area contributed by atoms with E-state index in [-0.39, 0.29) is 0 Å². The number of ketones is 1. The first kappa shape index (κ1) is 7.73.